The molecule has 7 unspecified atom stereocenters. The second kappa shape index (κ2) is 10.7. The molecule has 4 saturated carbocycles. The van der Waals surface area contributed by atoms with Crippen molar-refractivity contribution in [1.82, 2.24) is 0 Å². The molecule has 0 saturated heterocycles. The van der Waals surface area contributed by atoms with Crippen LogP contribution in [0.3, 0.4) is 0 Å². The van der Waals surface area contributed by atoms with Crippen LogP contribution in [0.25, 0.3) is 0 Å². The first-order valence-corrected chi connectivity index (χ1v) is 13.2. The Morgan fingerprint density at radius 3 is 2.21 bits per heavy atom. The molecule has 4 rings (SSSR count). The van der Waals surface area contributed by atoms with Crippen LogP contribution in [0.15, 0.2) is 0 Å². The van der Waals surface area contributed by atoms with Crippen molar-refractivity contribution in [3.05, 3.63) is 0 Å². The minimum absolute atomic E-state index is 0.119. The van der Waals surface area contributed by atoms with Crippen molar-refractivity contribution in [2.45, 2.75) is 125 Å². The summed E-state index contributed by atoms with van der Waals surface area (Å²) < 4.78 is 0. The highest BCUT2D eigenvalue weighted by atomic mass is 16.1. The van der Waals surface area contributed by atoms with E-state index in [0.717, 1.165) is 36.0 Å². The van der Waals surface area contributed by atoms with Crippen molar-refractivity contribution in [1.29, 1.82) is 0 Å². The summed E-state index contributed by atoms with van der Waals surface area (Å²) in [5.41, 5.74) is 6.58. The molecule has 4 aliphatic carbocycles. The molecule has 0 bridgehead atoms. The van der Waals surface area contributed by atoms with E-state index in [-0.39, 0.29) is 5.91 Å². The number of carbonyl (C=O) groups excluding carboxylic acids is 1. The Bertz CT molecular complexity index is 517. The number of rotatable bonds is 4. The van der Waals surface area contributed by atoms with Gasteiger partial charge in [-0.05, 0) is 105 Å². The fourth-order valence-corrected chi connectivity index (χ4v) is 8.40. The lowest BCUT2D eigenvalue weighted by molar-refractivity contribution is -0.118. The van der Waals surface area contributed by atoms with Gasteiger partial charge in [-0.2, -0.15) is 0 Å². The normalized spacial score (nSPS) is 42.8. The van der Waals surface area contributed by atoms with Gasteiger partial charge in [0.15, 0.2) is 0 Å². The lowest BCUT2D eigenvalue weighted by Gasteiger charge is -2.60. The second-order valence-corrected chi connectivity index (χ2v) is 10.6. The van der Waals surface area contributed by atoms with Crippen LogP contribution in [0.5, 0.6) is 0 Å². The SMILES string of the molecule is CC.CC.CC12CCCCC1CCC1C2CCC2(C)C(CCCC(N)=O)CCC12. The van der Waals surface area contributed by atoms with Gasteiger partial charge in [-0.3, -0.25) is 4.79 Å². The number of amides is 1. The fourth-order valence-electron chi connectivity index (χ4n) is 8.40. The highest BCUT2D eigenvalue weighted by Gasteiger charge is 2.59. The Kier molecular flexibility index (Phi) is 9.10. The van der Waals surface area contributed by atoms with Gasteiger partial charge in [0.1, 0.15) is 0 Å². The number of carbonyl (C=O) groups is 1. The minimum Gasteiger partial charge on any atom is -0.370 e. The Balaban J connectivity index is 0.000000707. The molecule has 4 fully saturated rings. The summed E-state index contributed by atoms with van der Waals surface area (Å²) >= 11 is 0. The first-order chi connectivity index (χ1) is 13.9. The lowest BCUT2D eigenvalue weighted by Crippen LogP contribution is -2.52. The summed E-state index contributed by atoms with van der Waals surface area (Å²) in [7, 11) is 0. The largest absolute Gasteiger partial charge is 0.370 e. The van der Waals surface area contributed by atoms with E-state index in [2.05, 4.69) is 13.8 Å². The van der Waals surface area contributed by atoms with E-state index in [1.165, 1.54) is 70.6 Å². The smallest absolute Gasteiger partial charge is 0.217 e. The number of hydrogen-bond acceptors (Lipinski definition) is 1. The molecule has 0 aromatic rings. The molecule has 29 heavy (non-hydrogen) atoms. The molecular weight excluding hydrogens is 354 g/mol. The van der Waals surface area contributed by atoms with E-state index in [1.54, 1.807) is 0 Å². The molecule has 0 radical (unpaired) electrons. The van der Waals surface area contributed by atoms with Crippen LogP contribution in [0.2, 0.25) is 0 Å². The Hall–Kier alpha value is -0.530. The summed E-state index contributed by atoms with van der Waals surface area (Å²) in [6.45, 7) is 13.3. The van der Waals surface area contributed by atoms with Crippen molar-refractivity contribution < 1.29 is 4.79 Å². The average Bonchev–Trinajstić information content (AvgIpc) is 3.07. The van der Waals surface area contributed by atoms with Gasteiger partial charge in [-0.15, -0.1) is 0 Å². The van der Waals surface area contributed by atoms with E-state index < -0.39 is 0 Å². The second-order valence-electron chi connectivity index (χ2n) is 10.6. The molecule has 0 heterocycles. The van der Waals surface area contributed by atoms with E-state index >= 15 is 0 Å². The van der Waals surface area contributed by atoms with E-state index in [4.69, 9.17) is 5.73 Å². The third-order valence-electron chi connectivity index (χ3n) is 9.76. The summed E-state index contributed by atoms with van der Waals surface area (Å²) in [4.78, 5) is 11.1. The molecule has 2 N–H and O–H groups in total. The van der Waals surface area contributed by atoms with Crippen LogP contribution in [0, 0.1) is 40.4 Å². The third kappa shape index (κ3) is 4.72. The van der Waals surface area contributed by atoms with Crippen LogP contribution < -0.4 is 5.73 Å². The highest BCUT2D eigenvalue weighted by Crippen LogP contribution is 2.67. The maximum atomic E-state index is 11.1. The Morgan fingerprint density at radius 2 is 1.52 bits per heavy atom. The summed E-state index contributed by atoms with van der Waals surface area (Å²) in [5, 5.41) is 0. The van der Waals surface area contributed by atoms with Gasteiger partial charge in [0.25, 0.3) is 0 Å². The van der Waals surface area contributed by atoms with E-state index in [9.17, 15) is 4.79 Å². The maximum absolute atomic E-state index is 11.1. The Morgan fingerprint density at radius 1 is 0.828 bits per heavy atom. The van der Waals surface area contributed by atoms with Crippen LogP contribution in [0.4, 0.5) is 0 Å². The van der Waals surface area contributed by atoms with Gasteiger partial charge >= 0.3 is 0 Å². The third-order valence-corrected chi connectivity index (χ3v) is 9.76. The zero-order valence-corrected chi connectivity index (χ0v) is 20.6. The molecule has 2 heteroatoms. The van der Waals surface area contributed by atoms with Gasteiger partial charge in [0.05, 0.1) is 0 Å². The van der Waals surface area contributed by atoms with Crippen molar-refractivity contribution in [2.24, 2.45) is 46.2 Å². The van der Waals surface area contributed by atoms with Gasteiger partial charge in [0, 0.05) is 6.42 Å². The summed E-state index contributed by atoms with van der Waals surface area (Å²) in [6.07, 6.45) is 17.6. The molecular formula is C27H51NO. The van der Waals surface area contributed by atoms with Gasteiger partial charge in [0.2, 0.25) is 5.91 Å². The summed E-state index contributed by atoms with van der Waals surface area (Å²) in [5.74, 6) is 4.72. The molecule has 170 valence electrons. The first kappa shape index (κ1) is 24.7. The fraction of sp³-hybridized carbons (Fsp3) is 0.963. The van der Waals surface area contributed by atoms with Crippen LogP contribution >= 0.6 is 0 Å². The molecule has 4 aliphatic rings. The molecule has 7 atom stereocenters. The van der Waals surface area contributed by atoms with Crippen LogP contribution in [0.1, 0.15) is 125 Å². The van der Waals surface area contributed by atoms with Gasteiger partial charge in [-0.1, -0.05) is 54.4 Å². The van der Waals surface area contributed by atoms with Gasteiger partial charge in [-0.25, -0.2) is 0 Å². The zero-order valence-electron chi connectivity index (χ0n) is 20.6. The monoisotopic (exact) mass is 405 g/mol. The molecule has 0 aromatic carbocycles. The van der Waals surface area contributed by atoms with Gasteiger partial charge < -0.3 is 5.73 Å². The first-order valence-electron chi connectivity index (χ1n) is 13.2. The van der Waals surface area contributed by atoms with Crippen molar-refractivity contribution in [3.8, 4) is 0 Å². The predicted octanol–water partition coefficient (Wildman–Crippen LogP) is 7.74. The zero-order chi connectivity index (χ0) is 21.7. The van der Waals surface area contributed by atoms with E-state index in [0.29, 0.717) is 17.3 Å². The number of fused-ring (bicyclic) bond motifs is 5. The molecule has 0 spiro atoms. The van der Waals surface area contributed by atoms with Crippen molar-refractivity contribution >= 4 is 5.91 Å². The van der Waals surface area contributed by atoms with E-state index in [1.807, 2.05) is 27.7 Å². The molecule has 0 aliphatic heterocycles. The number of hydrogen-bond donors (Lipinski definition) is 1. The quantitative estimate of drug-likeness (QED) is 0.510. The molecule has 2 nitrogen and oxygen atoms in total. The van der Waals surface area contributed by atoms with Crippen molar-refractivity contribution in [3.63, 3.8) is 0 Å². The highest BCUT2D eigenvalue weighted by molar-refractivity contribution is 5.73. The maximum Gasteiger partial charge on any atom is 0.217 e. The van der Waals surface area contributed by atoms with Crippen LogP contribution in [-0.4, -0.2) is 5.91 Å². The topological polar surface area (TPSA) is 43.1 Å². The lowest BCUT2D eigenvalue weighted by atomic mass is 9.45. The van der Waals surface area contributed by atoms with Crippen LogP contribution in [-0.2, 0) is 4.79 Å². The number of primary amides is 1. The average molecular weight is 406 g/mol. The predicted molar refractivity (Wildman–Crippen MR) is 126 cm³/mol. The summed E-state index contributed by atoms with van der Waals surface area (Å²) in [6, 6.07) is 0. The molecule has 0 aromatic heterocycles. The van der Waals surface area contributed by atoms with Crippen molar-refractivity contribution in [2.75, 3.05) is 0 Å². The molecule has 1 amide bonds. The standard InChI is InChI=1S/C23H39NO.2C2H6/c1-22-14-4-3-6-16(22)9-11-18-19-12-10-17(7-5-8-21(24)25)23(19,2)15-13-20(18)22;2*1-2/h16-20H,3-15H2,1-2H3,(H2,24,25);2*1-2H3. The minimum atomic E-state index is -0.119. The number of nitrogens with two attached hydrogens (primary N) is 1. The Labute approximate surface area is 182 Å².